The number of hydrogen-bond acceptors (Lipinski definition) is 5. The Hall–Kier alpha value is -3.67. The molecular weight excluding hydrogens is 344 g/mol. The summed E-state index contributed by atoms with van der Waals surface area (Å²) < 4.78 is 10.0. The molecule has 6 nitrogen and oxygen atoms in total. The number of esters is 1. The highest BCUT2D eigenvalue weighted by atomic mass is 16.5. The van der Waals surface area contributed by atoms with Gasteiger partial charge in [-0.2, -0.15) is 0 Å². The molecule has 0 spiro atoms. The van der Waals surface area contributed by atoms with Crippen LogP contribution in [0.4, 0.5) is 0 Å². The third kappa shape index (κ3) is 2.81. The minimum atomic E-state index is -0.430. The summed E-state index contributed by atoms with van der Waals surface area (Å²) in [5, 5.41) is 4.79. The fourth-order valence-corrected chi connectivity index (χ4v) is 3.13. The highest BCUT2D eigenvalue weighted by molar-refractivity contribution is 6.19. The monoisotopic (exact) mass is 360 g/mol. The number of benzene rings is 2. The van der Waals surface area contributed by atoms with Crippen LogP contribution >= 0.6 is 0 Å². The molecule has 0 fully saturated rings. The van der Waals surface area contributed by atoms with E-state index in [0.29, 0.717) is 39.0 Å². The molecule has 0 aliphatic carbocycles. The molecule has 0 saturated carbocycles. The van der Waals surface area contributed by atoms with Crippen molar-refractivity contribution in [2.24, 2.45) is 0 Å². The number of rotatable bonds is 4. The van der Waals surface area contributed by atoms with Crippen LogP contribution in [0.3, 0.4) is 0 Å². The largest absolute Gasteiger partial charge is 0.465 e. The molecule has 2 aromatic carbocycles. The number of carbonyl (C=O) groups is 2. The number of aromatic nitrogens is 2. The summed E-state index contributed by atoms with van der Waals surface area (Å²) in [6.07, 6.45) is 1.63. The number of fused-ring (bicyclic) bond motifs is 1. The molecule has 0 unspecified atom stereocenters. The molecule has 6 heteroatoms. The van der Waals surface area contributed by atoms with E-state index in [1.807, 2.05) is 30.3 Å². The average Bonchev–Trinajstić information content (AvgIpc) is 3.30. The van der Waals surface area contributed by atoms with E-state index >= 15 is 0 Å². The highest BCUT2D eigenvalue weighted by Crippen LogP contribution is 2.30. The first-order valence-corrected chi connectivity index (χ1v) is 8.36. The highest BCUT2D eigenvalue weighted by Gasteiger charge is 2.25. The first-order chi connectivity index (χ1) is 13.1. The maximum absolute atomic E-state index is 13.3. The van der Waals surface area contributed by atoms with Crippen LogP contribution < -0.4 is 0 Å². The van der Waals surface area contributed by atoms with Crippen molar-refractivity contribution in [2.45, 2.75) is 6.92 Å². The maximum Gasteiger partial charge on any atom is 0.337 e. The van der Waals surface area contributed by atoms with Gasteiger partial charge in [0.25, 0.3) is 0 Å². The van der Waals surface area contributed by atoms with E-state index in [2.05, 4.69) is 10.1 Å². The predicted molar refractivity (Wildman–Crippen MR) is 99.7 cm³/mol. The summed E-state index contributed by atoms with van der Waals surface area (Å²) in [4.78, 5) is 28.0. The maximum atomic E-state index is 13.3. The summed E-state index contributed by atoms with van der Waals surface area (Å²) in [7, 11) is 1.33. The summed E-state index contributed by atoms with van der Waals surface area (Å²) >= 11 is 0. The number of ketones is 1. The van der Waals surface area contributed by atoms with Crippen molar-refractivity contribution < 1.29 is 18.8 Å². The Balaban J connectivity index is 1.81. The lowest BCUT2D eigenvalue weighted by molar-refractivity contribution is 0.0600. The lowest BCUT2D eigenvalue weighted by Crippen LogP contribution is -2.03. The normalized spacial score (nSPS) is 10.9. The van der Waals surface area contributed by atoms with Crippen LogP contribution in [0, 0.1) is 6.92 Å². The molecule has 4 aromatic rings. The molecule has 27 heavy (non-hydrogen) atoms. The topological polar surface area (TPSA) is 85.2 Å². The van der Waals surface area contributed by atoms with Crippen molar-refractivity contribution in [1.82, 2.24) is 10.1 Å². The molecule has 0 aliphatic heterocycles. The molecular formula is C21H16N2O4. The second-order valence-electron chi connectivity index (χ2n) is 6.11. The number of aromatic amines is 1. The van der Waals surface area contributed by atoms with Gasteiger partial charge in [-0.1, -0.05) is 41.6 Å². The zero-order chi connectivity index (χ0) is 19.0. The van der Waals surface area contributed by atoms with Gasteiger partial charge in [-0.15, -0.1) is 0 Å². The van der Waals surface area contributed by atoms with Crippen molar-refractivity contribution in [2.75, 3.05) is 7.11 Å². The Kier molecular flexibility index (Phi) is 4.08. The van der Waals surface area contributed by atoms with Crippen LogP contribution in [0.1, 0.15) is 32.0 Å². The molecule has 0 amide bonds. The lowest BCUT2D eigenvalue weighted by Gasteiger charge is -2.03. The number of ether oxygens (including phenoxy) is 1. The van der Waals surface area contributed by atoms with Gasteiger partial charge in [0, 0.05) is 28.2 Å². The number of H-pyrrole nitrogens is 1. The summed E-state index contributed by atoms with van der Waals surface area (Å²) in [5.41, 5.74) is 3.33. The van der Waals surface area contributed by atoms with Gasteiger partial charge in [0.2, 0.25) is 5.78 Å². The van der Waals surface area contributed by atoms with E-state index in [1.54, 1.807) is 31.3 Å². The Morgan fingerprint density at radius 2 is 1.89 bits per heavy atom. The van der Waals surface area contributed by atoms with Gasteiger partial charge in [-0.25, -0.2) is 4.79 Å². The SMILES string of the molecule is COC(=O)c1ccc2c(C(=O)c3c(-c4ccccc4)noc3C)c[nH]c2c1. The summed E-state index contributed by atoms with van der Waals surface area (Å²) in [6, 6.07) is 14.5. The molecule has 1 N–H and O–H groups in total. The van der Waals surface area contributed by atoms with Gasteiger partial charge in [-0.05, 0) is 19.1 Å². The average molecular weight is 360 g/mol. The third-order valence-corrected chi connectivity index (χ3v) is 4.48. The fourth-order valence-electron chi connectivity index (χ4n) is 3.13. The number of nitrogens with one attached hydrogen (secondary N) is 1. The molecule has 0 atom stereocenters. The van der Waals surface area contributed by atoms with Crippen LogP contribution in [0.5, 0.6) is 0 Å². The van der Waals surface area contributed by atoms with Gasteiger partial charge in [-0.3, -0.25) is 4.79 Å². The zero-order valence-corrected chi connectivity index (χ0v) is 14.8. The quantitative estimate of drug-likeness (QED) is 0.436. The Morgan fingerprint density at radius 3 is 2.63 bits per heavy atom. The standard InChI is InChI=1S/C21H16N2O4/c1-12-18(19(23-27-12)13-6-4-3-5-7-13)20(24)16-11-22-17-10-14(21(25)26-2)8-9-15(16)17/h3-11,22H,1-2H3. The van der Waals surface area contributed by atoms with E-state index in [9.17, 15) is 9.59 Å². The Morgan fingerprint density at radius 1 is 1.11 bits per heavy atom. The predicted octanol–water partition coefficient (Wildman–Crippen LogP) is 4.15. The lowest BCUT2D eigenvalue weighted by atomic mass is 9.97. The second-order valence-corrected chi connectivity index (χ2v) is 6.11. The number of methoxy groups -OCH3 is 1. The molecule has 134 valence electrons. The molecule has 0 radical (unpaired) electrons. The summed E-state index contributed by atoms with van der Waals surface area (Å²) in [6.45, 7) is 1.72. The first kappa shape index (κ1) is 16.8. The van der Waals surface area contributed by atoms with E-state index < -0.39 is 5.97 Å². The Labute approximate surface area is 154 Å². The van der Waals surface area contributed by atoms with Gasteiger partial charge in [0.1, 0.15) is 11.5 Å². The zero-order valence-electron chi connectivity index (χ0n) is 14.8. The van der Waals surface area contributed by atoms with Gasteiger partial charge >= 0.3 is 5.97 Å². The number of carbonyl (C=O) groups excluding carboxylic acids is 2. The van der Waals surface area contributed by atoms with Crippen LogP contribution in [0.2, 0.25) is 0 Å². The molecule has 0 bridgehead atoms. The smallest absolute Gasteiger partial charge is 0.337 e. The van der Waals surface area contributed by atoms with E-state index in [0.717, 1.165) is 5.56 Å². The molecule has 0 saturated heterocycles. The van der Waals surface area contributed by atoms with Crippen molar-refractivity contribution in [1.29, 1.82) is 0 Å². The number of nitrogens with zero attached hydrogens (tertiary/aromatic N) is 1. The van der Waals surface area contributed by atoms with Crippen LogP contribution in [-0.2, 0) is 4.74 Å². The minimum Gasteiger partial charge on any atom is -0.465 e. The van der Waals surface area contributed by atoms with Crippen molar-refractivity contribution in [3.8, 4) is 11.3 Å². The van der Waals surface area contributed by atoms with Gasteiger partial charge in [0.05, 0.1) is 18.2 Å². The van der Waals surface area contributed by atoms with E-state index in [4.69, 9.17) is 9.26 Å². The van der Waals surface area contributed by atoms with E-state index in [-0.39, 0.29) is 5.78 Å². The summed E-state index contributed by atoms with van der Waals surface area (Å²) in [5.74, 6) is -0.162. The van der Waals surface area contributed by atoms with E-state index in [1.165, 1.54) is 7.11 Å². The number of hydrogen-bond donors (Lipinski definition) is 1. The molecule has 2 aromatic heterocycles. The van der Waals surface area contributed by atoms with Gasteiger partial charge < -0.3 is 14.2 Å². The molecule has 4 rings (SSSR count). The first-order valence-electron chi connectivity index (χ1n) is 8.36. The van der Waals surface area contributed by atoms with Gasteiger partial charge in [0.15, 0.2) is 0 Å². The van der Waals surface area contributed by atoms with Crippen LogP contribution in [0.25, 0.3) is 22.2 Å². The minimum absolute atomic E-state index is 0.190. The molecule has 2 heterocycles. The second kappa shape index (κ2) is 6.57. The Bertz CT molecular complexity index is 1160. The van der Waals surface area contributed by atoms with Crippen molar-refractivity contribution >= 4 is 22.7 Å². The number of aryl methyl sites for hydroxylation is 1. The van der Waals surface area contributed by atoms with Crippen LogP contribution in [-0.4, -0.2) is 29.0 Å². The van der Waals surface area contributed by atoms with Crippen molar-refractivity contribution in [3.05, 3.63) is 77.2 Å². The third-order valence-electron chi connectivity index (χ3n) is 4.48. The fraction of sp³-hybridized carbons (Fsp3) is 0.0952. The van der Waals surface area contributed by atoms with Crippen LogP contribution in [0.15, 0.2) is 59.3 Å². The van der Waals surface area contributed by atoms with Crippen molar-refractivity contribution in [3.63, 3.8) is 0 Å². The molecule has 0 aliphatic rings.